The summed E-state index contributed by atoms with van der Waals surface area (Å²) in [5.74, 6) is 5.76. The normalized spacial score (nSPS) is 8.10. The lowest BCUT2D eigenvalue weighted by Gasteiger charge is -1.83. The van der Waals surface area contributed by atoms with Crippen molar-refractivity contribution < 1.29 is 0 Å². The van der Waals surface area contributed by atoms with Crippen molar-refractivity contribution in [2.75, 3.05) is 5.33 Å². The number of nitrogens with zero attached hydrogens (tertiary/aromatic N) is 1. The minimum absolute atomic E-state index is 0.698. The summed E-state index contributed by atoms with van der Waals surface area (Å²) < 4.78 is 0. The molecule has 0 aliphatic heterocycles. The molecule has 0 saturated carbocycles. The zero-order valence-corrected chi connectivity index (χ0v) is 6.93. The molecule has 0 aliphatic rings. The van der Waals surface area contributed by atoms with Crippen molar-refractivity contribution in [1.82, 2.24) is 4.98 Å². The van der Waals surface area contributed by atoms with Gasteiger partial charge in [-0.3, -0.25) is 0 Å². The summed E-state index contributed by atoms with van der Waals surface area (Å²) in [4.78, 5) is 4.02. The number of aromatic nitrogens is 1. The van der Waals surface area contributed by atoms with Crippen molar-refractivity contribution in [2.45, 2.75) is 0 Å². The minimum atomic E-state index is 0.698. The van der Waals surface area contributed by atoms with Gasteiger partial charge >= 0.3 is 0 Å². The number of hydrogen-bond acceptors (Lipinski definition) is 1. The summed E-state index contributed by atoms with van der Waals surface area (Å²) in [7, 11) is 0. The van der Waals surface area contributed by atoms with Crippen molar-refractivity contribution in [3.8, 4) is 11.8 Å². The quantitative estimate of drug-likeness (QED) is 0.455. The van der Waals surface area contributed by atoms with Crippen molar-refractivity contribution in [3.63, 3.8) is 0 Å². The number of hydrogen-bond donors (Lipinski definition) is 0. The molecule has 0 radical (unpaired) electrons. The zero-order valence-electron chi connectivity index (χ0n) is 5.34. The number of alkyl halides is 1. The van der Waals surface area contributed by atoms with Gasteiger partial charge in [-0.2, -0.15) is 0 Å². The molecule has 0 fully saturated rings. The van der Waals surface area contributed by atoms with Crippen molar-refractivity contribution in [3.05, 3.63) is 30.1 Å². The lowest BCUT2D eigenvalue weighted by atomic mass is 10.3. The molecule has 0 N–H and O–H groups in total. The van der Waals surface area contributed by atoms with E-state index in [4.69, 9.17) is 0 Å². The highest BCUT2D eigenvalue weighted by molar-refractivity contribution is 9.09. The Bertz CT molecular complexity index is 245. The first-order valence-electron chi connectivity index (χ1n) is 2.89. The van der Waals surface area contributed by atoms with Gasteiger partial charge in [-0.25, -0.2) is 4.98 Å². The van der Waals surface area contributed by atoms with Gasteiger partial charge in [-0.1, -0.05) is 27.9 Å². The molecule has 1 rings (SSSR count). The number of pyridine rings is 1. The molecule has 1 aromatic rings. The molecular formula is C8H6BrN. The molecule has 0 unspecified atom stereocenters. The van der Waals surface area contributed by atoms with Crippen LogP contribution in [0.5, 0.6) is 0 Å². The maximum atomic E-state index is 4.02. The standard InChI is InChI=1S/C8H6BrN/c9-6-3-5-8-4-1-2-7-10-8/h1-2,4,7H,6H2. The van der Waals surface area contributed by atoms with Crippen LogP contribution in [-0.4, -0.2) is 10.3 Å². The Morgan fingerprint density at radius 1 is 1.50 bits per heavy atom. The zero-order chi connectivity index (χ0) is 7.23. The molecule has 10 heavy (non-hydrogen) atoms. The topological polar surface area (TPSA) is 12.9 Å². The molecule has 1 nitrogen and oxygen atoms in total. The molecule has 1 aromatic heterocycles. The second-order valence-corrected chi connectivity index (χ2v) is 2.21. The molecule has 0 spiro atoms. The van der Waals surface area contributed by atoms with E-state index in [-0.39, 0.29) is 0 Å². The lowest BCUT2D eigenvalue weighted by molar-refractivity contribution is 1.29. The van der Waals surface area contributed by atoms with E-state index in [2.05, 4.69) is 32.8 Å². The van der Waals surface area contributed by atoms with Crippen LogP contribution in [0.2, 0.25) is 0 Å². The average Bonchev–Trinajstić information content (AvgIpc) is 2.03. The highest BCUT2D eigenvalue weighted by Crippen LogP contribution is 1.88. The van der Waals surface area contributed by atoms with Crippen molar-refractivity contribution >= 4 is 15.9 Å². The largest absolute Gasteiger partial charge is 0.248 e. The number of rotatable bonds is 0. The van der Waals surface area contributed by atoms with Gasteiger partial charge in [-0.15, -0.1) is 0 Å². The van der Waals surface area contributed by atoms with Gasteiger partial charge in [0.1, 0.15) is 5.69 Å². The first-order valence-corrected chi connectivity index (χ1v) is 4.01. The SMILES string of the molecule is BrCC#Cc1ccccn1. The molecule has 50 valence electrons. The summed E-state index contributed by atoms with van der Waals surface area (Å²) in [5, 5.41) is 0.698. The maximum Gasteiger partial charge on any atom is 0.113 e. The van der Waals surface area contributed by atoms with Gasteiger partial charge in [0.15, 0.2) is 0 Å². The van der Waals surface area contributed by atoms with Crippen molar-refractivity contribution in [2.24, 2.45) is 0 Å². The van der Waals surface area contributed by atoms with Crippen LogP contribution < -0.4 is 0 Å². The third-order valence-corrected chi connectivity index (χ3v) is 1.23. The summed E-state index contributed by atoms with van der Waals surface area (Å²) >= 11 is 3.21. The average molecular weight is 196 g/mol. The molecular weight excluding hydrogens is 190 g/mol. The van der Waals surface area contributed by atoms with E-state index in [0.717, 1.165) is 5.69 Å². The van der Waals surface area contributed by atoms with E-state index < -0.39 is 0 Å². The van der Waals surface area contributed by atoms with Gasteiger partial charge in [0, 0.05) is 6.20 Å². The van der Waals surface area contributed by atoms with Crippen LogP contribution in [0.25, 0.3) is 0 Å². The molecule has 2 heteroatoms. The smallest absolute Gasteiger partial charge is 0.113 e. The number of halogens is 1. The van der Waals surface area contributed by atoms with Crippen LogP contribution in [0.3, 0.4) is 0 Å². The van der Waals surface area contributed by atoms with Gasteiger partial charge in [0.05, 0.1) is 5.33 Å². The fourth-order valence-corrected chi connectivity index (χ4v) is 0.701. The Morgan fingerprint density at radius 3 is 3.00 bits per heavy atom. The van der Waals surface area contributed by atoms with E-state index in [0.29, 0.717) is 5.33 Å². The first-order chi connectivity index (χ1) is 4.93. The monoisotopic (exact) mass is 195 g/mol. The molecule has 0 aliphatic carbocycles. The van der Waals surface area contributed by atoms with Crippen LogP contribution in [0.1, 0.15) is 5.69 Å². The second kappa shape index (κ2) is 4.08. The van der Waals surface area contributed by atoms with Crippen LogP contribution in [0.4, 0.5) is 0 Å². The molecule has 0 amide bonds. The van der Waals surface area contributed by atoms with E-state index in [1.54, 1.807) is 6.20 Å². The van der Waals surface area contributed by atoms with Crippen LogP contribution in [-0.2, 0) is 0 Å². The van der Waals surface area contributed by atoms with Gasteiger partial charge in [0.2, 0.25) is 0 Å². The van der Waals surface area contributed by atoms with E-state index in [1.807, 2.05) is 18.2 Å². The summed E-state index contributed by atoms with van der Waals surface area (Å²) in [6.07, 6.45) is 1.73. The molecule has 0 saturated heterocycles. The Balaban J connectivity index is 2.76. The minimum Gasteiger partial charge on any atom is -0.248 e. The highest BCUT2D eigenvalue weighted by atomic mass is 79.9. The van der Waals surface area contributed by atoms with Crippen molar-refractivity contribution in [1.29, 1.82) is 0 Å². The maximum absolute atomic E-state index is 4.02. The predicted molar refractivity (Wildman–Crippen MR) is 44.9 cm³/mol. The Labute approximate surface area is 68.6 Å². The highest BCUT2D eigenvalue weighted by Gasteiger charge is 1.80. The summed E-state index contributed by atoms with van der Waals surface area (Å²) in [6.45, 7) is 0. The van der Waals surface area contributed by atoms with Gasteiger partial charge < -0.3 is 0 Å². The fraction of sp³-hybridized carbons (Fsp3) is 0.125. The van der Waals surface area contributed by atoms with E-state index in [1.165, 1.54) is 0 Å². The summed E-state index contributed by atoms with van der Waals surface area (Å²) in [6, 6.07) is 5.68. The summed E-state index contributed by atoms with van der Waals surface area (Å²) in [5.41, 5.74) is 0.821. The third kappa shape index (κ3) is 2.20. The van der Waals surface area contributed by atoms with Crippen LogP contribution in [0, 0.1) is 11.8 Å². The predicted octanol–water partition coefficient (Wildman–Crippen LogP) is 1.83. The van der Waals surface area contributed by atoms with E-state index in [9.17, 15) is 0 Å². The lowest BCUT2D eigenvalue weighted by Crippen LogP contribution is -1.77. The third-order valence-electron chi connectivity index (χ3n) is 0.948. The molecule has 0 atom stereocenters. The second-order valence-electron chi connectivity index (χ2n) is 1.65. The Morgan fingerprint density at radius 2 is 2.40 bits per heavy atom. The van der Waals surface area contributed by atoms with E-state index >= 15 is 0 Å². The molecule has 1 heterocycles. The molecule has 0 aromatic carbocycles. The van der Waals surface area contributed by atoms with Gasteiger partial charge in [-0.05, 0) is 18.1 Å². The van der Waals surface area contributed by atoms with Crippen LogP contribution in [0.15, 0.2) is 24.4 Å². The Kier molecular flexibility index (Phi) is 2.98. The molecule has 0 bridgehead atoms. The first kappa shape index (κ1) is 7.30. The van der Waals surface area contributed by atoms with Crippen LogP contribution >= 0.6 is 15.9 Å². The van der Waals surface area contributed by atoms with Gasteiger partial charge in [0.25, 0.3) is 0 Å². The Hall–Kier alpha value is -0.810. The fourth-order valence-electron chi connectivity index (χ4n) is 0.561.